The van der Waals surface area contributed by atoms with Gasteiger partial charge in [0.15, 0.2) is 0 Å². The fourth-order valence-electron chi connectivity index (χ4n) is 2.27. The molecular formula is C20H24O5. The third kappa shape index (κ3) is 6.83. The second-order valence-electron chi connectivity index (χ2n) is 5.82. The van der Waals surface area contributed by atoms with E-state index in [1.807, 2.05) is 30.3 Å². The van der Waals surface area contributed by atoms with Crippen molar-refractivity contribution in [2.24, 2.45) is 0 Å². The number of benzene rings is 1. The third-order valence-corrected chi connectivity index (χ3v) is 3.70. The average Bonchev–Trinajstić information content (AvgIpc) is 2.63. The lowest BCUT2D eigenvalue weighted by Crippen LogP contribution is -2.10. The van der Waals surface area contributed by atoms with Crippen LogP contribution in [0.3, 0.4) is 0 Å². The molecule has 0 radical (unpaired) electrons. The van der Waals surface area contributed by atoms with Gasteiger partial charge in [-0.3, -0.25) is 9.59 Å². The van der Waals surface area contributed by atoms with Gasteiger partial charge in [0.05, 0.1) is 0 Å². The minimum atomic E-state index is -0.295. The zero-order chi connectivity index (χ0) is 17.9. The van der Waals surface area contributed by atoms with Gasteiger partial charge in [0.25, 0.3) is 0 Å². The van der Waals surface area contributed by atoms with Crippen molar-refractivity contribution in [3.63, 3.8) is 0 Å². The predicted octanol–water partition coefficient (Wildman–Crippen LogP) is 4.23. The van der Waals surface area contributed by atoms with Crippen molar-refractivity contribution in [2.45, 2.75) is 52.2 Å². The van der Waals surface area contributed by atoms with Crippen LogP contribution in [0.1, 0.15) is 50.4 Å². The highest BCUT2D eigenvalue weighted by atomic mass is 16.5. The molecule has 0 aliphatic heterocycles. The van der Waals surface area contributed by atoms with E-state index in [-0.39, 0.29) is 30.4 Å². The van der Waals surface area contributed by atoms with Crippen molar-refractivity contribution in [2.75, 3.05) is 0 Å². The monoisotopic (exact) mass is 344 g/mol. The lowest BCUT2D eigenvalue weighted by atomic mass is 10.2. The molecule has 0 aliphatic rings. The molecule has 25 heavy (non-hydrogen) atoms. The molecule has 0 bridgehead atoms. The van der Waals surface area contributed by atoms with E-state index in [2.05, 4.69) is 6.92 Å². The summed E-state index contributed by atoms with van der Waals surface area (Å²) in [5.74, 6) is 0.167. The van der Waals surface area contributed by atoms with Gasteiger partial charge in [-0.05, 0) is 12.0 Å². The lowest BCUT2D eigenvalue weighted by Gasteiger charge is -2.07. The van der Waals surface area contributed by atoms with E-state index in [1.54, 1.807) is 0 Å². The summed E-state index contributed by atoms with van der Waals surface area (Å²) in [6.45, 7) is 2.37. The van der Waals surface area contributed by atoms with Gasteiger partial charge in [-0.2, -0.15) is 0 Å². The summed E-state index contributed by atoms with van der Waals surface area (Å²) >= 11 is 0. The first-order chi connectivity index (χ1) is 12.2. The molecule has 0 N–H and O–H groups in total. The Hall–Kier alpha value is -2.56. The van der Waals surface area contributed by atoms with Crippen molar-refractivity contribution < 1.29 is 18.7 Å². The summed E-state index contributed by atoms with van der Waals surface area (Å²) in [6.07, 6.45) is 5.74. The van der Waals surface area contributed by atoms with Crippen LogP contribution in [0.15, 0.2) is 51.9 Å². The van der Waals surface area contributed by atoms with Crippen LogP contribution >= 0.6 is 0 Å². The van der Waals surface area contributed by atoms with Gasteiger partial charge in [-0.1, -0.05) is 56.5 Å². The van der Waals surface area contributed by atoms with Crippen LogP contribution in [-0.2, 0) is 22.7 Å². The highest BCUT2D eigenvalue weighted by Crippen LogP contribution is 2.11. The molecule has 1 aromatic heterocycles. The number of esters is 1. The summed E-state index contributed by atoms with van der Waals surface area (Å²) in [5.41, 5.74) is 0.666. The Kier molecular flexibility index (Phi) is 7.76. The zero-order valence-corrected chi connectivity index (χ0v) is 14.5. The van der Waals surface area contributed by atoms with Crippen LogP contribution in [0.4, 0.5) is 0 Å². The fraction of sp³-hybridized carbons (Fsp3) is 0.400. The molecular weight excluding hydrogens is 320 g/mol. The lowest BCUT2D eigenvalue weighted by molar-refractivity contribution is -0.145. The number of hydrogen-bond donors (Lipinski definition) is 0. The second kappa shape index (κ2) is 10.3. The van der Waals surface area contributed by atoms with Crippen LogP contribution in [-0.4, -0.2) is 5.97 Å². The summed E-state index contributed by atoms with van der Waals surface area (Å²) in [7, 11) is 0. The van der Waals surface area contributed by atoms with Gasteiger partial charge in [-0.25, -0.2) is 0 Å². The standard InChI is InChI=1S/C20H24O5/c1-2-3-4-8-11-20(22)25-14-17-12-18(21)19(15-23-17)24-13-16-9-6-5-7-10-16/h5-7,9-10,12,15H,2-4,8,11,13-14H2,1H3. The molecule has 2 rings (SSSR count). The topological polar surface area (TPSA) is 65.7 Å². The SMILES string of the molecule is CCCCCCC(=O)OCc1cc(=O)c(OCc2ccccc2)co1. The van der Waals surface area contributed by atoms with Crippen LogP contribution in [0, 0.1) is 0 Å². The molecule has 5 heteroatoms. The molecule has 0 atom stereocenters. The van der Waals surface area contributed by atoms with Gasteiger partial charge in [-0.15, -0.1) is 0 Å². The largest absolute Gasteiger partial charge is 0.482 e. The Balaban J connectivity index is 1.79. The molecule has 0 aliphatic carbocycles. The van der Waals surface area contributed by atoms with E-state index in [4.69, 9.17) is 13.9 Å². The van der Waals surface area contributed by atoms with Gasteiger partial charge in [0, 0.05) is 12.5 Å². The number of carbonyl (C=O) groups is 1. The van der Waals surface area contributed by atoms with Gasteiger partial charge >= 0.3 is 5.97 Å². The maximum Gasteiger partial charge on any atom is 0.306 e. The zero-order valence-electron chi connectivity index (χ0n) is 14.5. The summed E-state index contributed by atoms with van der Waals surface area (Å²) in [6, 6.07) is 10.8. The predicted molar refractivity (Wildman–Crippen MR) is 94.3 cm³/mol. The van der Waals surface area contributed by atoms with Crippen molar-refractivity contribution in [3.05, 3.63) is 64.2 Å². The molecule has 0 fully saturated rings. The molecule has 1 aromatic carbocycles. The van der Waals surface area contributed by atoms with Crippen molar-refractivity contribution in [3.8, 4) is 5.75 Å². The smallest absolute Gasteiger partial charge is 0.306 e. The Bertz CT molecular complexity index is 706. The minimum Gasteiger partial charge on any atom is -0.482 e. The molecule has 0 spiro atoms. The number of hydrogen-bond acceptors (Lipinski definition) is 5. The number of carbonyl (C=O) groups excluding carboxylic acids is 1. The third-order valence-electron chi connectivity index (χ3n) is 3.70. The molecule has 0 amide bonds. The van der Waals surface area contributed by atoms with Crippen LogP contribution in [0.5, 0.6) is 5.75 Å². The summed E-state index contributed by atoms with van der Waals surface area (Å²) < 4.78 is 15.9. The van der Waals surface area contributed by atoms with Gasteiger partial charge in [0.1, 0.15) is 25.2 Å². The molecule has 0 unspecified atom stereocenters. The Morgan fingerprint density at radius 1 is 1.08 bits per heavy atom. The Morgan fingerprint density at radius 3 is 2.60 bits per heavy atom. The van der Waals surface area contributed by atoms with E-state index in [9.17, 15) is 9.59 Å². The maximum atomic E-state index is 12.0. The van der Waals surface area contributed by atoms with E-state index >= 15 is 0 Å². The van der Waals surface area contributed by atoms with Gasteiger partial charge < -0.3 is 13.9 Å². The quantitative estimate of drug-likeness (QED) is 0.476. The average molecular weight is 344 g/mol. The van der Waals surface area contributed by atoms with Crippen molar-refractivity contribution >= 4 is 5.97 Å². The Labute approximate surface area is 147 Å². The normalized spacial score (nSPS) is 10.4. The number of ether oxygens (including phenoxy) is 2. The summed E-state index contributed by atoms with van der Waals surface area (Å²) in [4.78, 5) is 23.6. The van der Waals surface area contributed by atoms with E-state index in [0.717, 1.165) is 31.2 Å². The van der Waals surface area contributed by atoms with Crippen molar-refractivity contribution in [1.29, 1.82) is 0 Å². The number of unbranched alkanes of at least 4 members (excludes halogenated alkanes) is 3. The molecule has 0 saturated carbocycles. The molecule has 1 heterocycles. The van der Waals surface area contributed by atoms with Crippen LogP contribution in [0.2, 0.25) is 0 Å². The van der Waals surface area contributed by atoms with E-state index in [1.165, 1.54) is 12.3 Å². The summed E-state index contributed by atoms with van der Waals surface area (Å²) in [5, 5.41) is 0. The highest BCUT2D eigenvalue weighted by molar-refractivity contribution is 5.69. The minimum absolute atomic E-state index is 0.0409. The number of rotatable bonds is 10. The highest BCUT2D eigenvalue weighted by Gasteiger charge is 2.08. The Morgan fingerprint density at radius 2 is 1.88 bits per heavy atom. The van der Waals surface area contributed by atoms with E-state index < -0.39 is 0 Å². The van der Waals surface area contributed by atoms with Gasteiger partial charge in [0.2, 0.25) is 11.2 Å². The second-order valence-corrected chi connectivity index (χ2v) is 5.82. The molecule has 5 nitrogen and oxygen atoms in total. The first-order valence-corrected chi connectivity index (χ1v) is 8.63. The maximum absolute atomic E-state index is 12.0. The van der Waals surface area contributed by atoms with Crippen LogP contribution in [0.25, 0.3) is 0 Å². The first-order valence-electron chi connectivity index (χ1n) is 8.63. The van der Waals surface area contributed by atoms with Crippen LogP contribution < -0.4 is 10.2 Å². The van der Waals surface area contributed by atoms with E-state index in [0.29, 0.717) is 12.2 Å². The van der Waals surface area contributed by atoms with Crippen molar-refractivity contribution in [1.82, 2.24) is 0 Å². The molecule has 134 valence electrons. The first kappa shape index (κ1) is 18.8. The molecule has 2 aromatic rings. The fourth-order valence-corrected chi connectivity index (χ4v) is 2.27. The molecule has 0 saturated heterocycles.